The van der Waals surface area contributed by atoms with Gasteiger partial charge in [-0.15, -0.1) is 0 Å². The summed E-state index contributed by atoms with van der Waals surface area (Å²) in [5.41, 5.74) is 0. The third-order valence-corrected chi connectivity index (χ3v) is 3.75. The van der Waals surface area contributed by atoms with Crippen molar-refractivity contribution in [3.8, 4) is 23.0 Å². The average Bonchev–Trinajstić information content (AvgIpc) is 2.71. The minimum atomic E-state index is -0.689. The highest BCUT2D eigenvalue weighted by molar-refractivity contribution is 5.75. The van der Waals surface area contributed by atoms with E-state index < -0.39 is 24.1 Å². The number of hydrogen-bond donors (Lipinski definition) is 0. The summed E-state index contributed by atoms with van der Waals surface area (Å²) in [6, 6.07) is 13.8. The van der Waals surface area contributed by atoms with Gasteiger partial charge in [0.1, 0.15) is 23.0 Å². The molecule has 0 aliphatic carbocycles. The van der Waals surface area contributed by atoms with E-state index in [1.54, 1.807) is 76.2 Å². The predicted octanol–water partition coefficient (Wildman–Crippen LogP) is 4.14. The van der Waals surface area contributed by atoms with Gasteiger partial charge in [0.15, 0.2) is 12.2 Å². The van der Waals surface area contributed by atoms with Crippen LogP contribution in [0.2, 0.25) is 0 Å². The molecule has 0 aromatic heterocycles. The quantitative estimate of drug-likeness (QED) is 0.553. The van der Waals surface area contributed by atoms with Crippen LogP contribution in [0.15, 0.2) is 48.5 Å². The topological polar surface area (TPSA) is 80.3 Å². The van der Waals surface area contributed by atoms with Gasteiger partial charge in [0.05, 0.1) is 13.2 Å². The van der Waals surface area contributed by atoms with Crippen molar-refractivity contribution in [1.29, 1.82) is 0 Å². The van der Waals surface area contributed by atoms with E-state index in [0.29, 0.717) is 36.2 Å². The van der Waals surface area contributed by atoms with Crippen LogP contribution in [0.3, 0.4) is 0 Å². The van der Waals surface area contributed by atoms with Crippen LogP contribution in [-0.4, -0.2) is 37.4 Å². The SMILES string of the molecule is CCOC(=O)C(C)Oc1ccc(Oc2ccc(OC(C)C(=O)OCC)cc2)cc1. The Morgan fingerprint density at radius 1 is 0.655 bits per heavy atom. The zero-order valence-corrected chi connectivity index (χ0v) is 17.0. The van der Waals surface area contributed by atoms with E-state index in [0.717, 1.165) is 0 Å². The lowest BCUT2D eigenvalue weighted by Crippen LogP contribution is -2.26. The Kier molecular flexibility index (Phi) is 8.33. The van der Waals surface area contributed by atoms with Crippen molar-refractivity contribution in [3.05, 3.63) is 48.5 Å². The number of benzene rings is 2. The van der Waals surface area contributed by atoms with Gasteiger partial charge in [-0.25, -0.2) is 9.59 Å². The summed E-state index contributed by atoms with van der Waals surface area (Å²) in [4.78, 5) is 23.2. The number of hydrogen-bond acceptors (Lipinski definition) is 7. The monoisotopic (exact) mass is 402 g/mol. The van der Waals surface area contributed by atoms with Crippen LogP contribution in [0.25, 0.3) is 0 Å². The number of ether oxygens (including phenoxy) is 5. The highest BCUT2D eigenvalue weighted by atomic mass is 16.6. The smallest absolute Gasteiger partial charge is 0.347 e. The molecule has 0 radical (unpaired) electrons. The second kappa shape index (κ2) is 10.9. The molecular formula is C22H26O7. The van der Waals surface area contributed by atoms with Crippen molar-refractivity contribution in [2.75, 3.05) is 13.2 Å². The zero-order valence-electron chi connectivity index (χ0n) is 17.0. The first-order valence-corrected chi connectivity index (χ1v) is 9.47. The molecule has 0 spiro atoms. The summed E-state index contributed by atoms with van der Waals surface area (Å²) in [6.07, 6.45) is -1.38. The van der Waals surface area contributed by atoms with E-state index in [-0.39, 0.29) is 0 Å². The molecule has 2 unspecified atom stereocenters. The van der Waals surface area contributed by atoms with Gasteiger partial charge < -0.3 is 23.7 Å². The molecule has 7 heteroatoms. The normalized spacial score (nSPS) is 12.4. The molecule has 29 heavy (non-hydrogen) atoms. The molecule has 0 fully saturated rings. The minimum Gasteiger partial charge on any atom is -0.479 e. The first-order valence-electron chi connectivity index (χ1n) is 9.47. The van der Waals surface area contributed by atoms with Crippen molar-refractivity contribution < 1.29 is 33.3 Å². The van der Waals surface area contributed by atoms with E-state index in [9.17, 15) is 9.59 Å². The third-order valence-electron chi connectivity index (χ3n) is 3.75. The second-order valence-electron chi connectivity index (χ2n) is 6.07. The predicted molar refractivity (Wildman–Crippen MR) is 106 cm³/mol. The van der Waals surface area contributed by atoms with Crippen LogP contribution >= 0.6 is 0 Å². The Balaban J connectivity index is 1.90. The lowest BCUT2D eigenvalue weighted by atomic mass is 10.3. The number of esters is 2. The molecule has 0 bridgehead atoms. The van der Waals surface area contributed by atoms with Crippen LogP contribution in [0, 0.1) is 0 Å². The van der Waals surface area contributed by atoms with Crippen molar-refractivity contribution in [1.82, 2.24) is 0 Å². The van der Waals surface area contributed by atoms with Crippen molar-refractivity contribution >= 4 is 11.9 Å². The van der Waals surface area contributed by atoms with Crippen LogP contribution in [0.5, 0.6) is 23.0 Å². The molecule has 0 aliphatic rings. The van der Waals surface area contributed by atoms with Crippen molar-refractivity contribution in [2.45, 2.75) is 39.9 Å². The Labute approximate surface area is 170 Å². The highest BCUT2D eigenvalue weighted by Crippen LogP contribution is 2.26. The second-order valence-corrected chi connectivity index (χ2v) is 6.07. The molecule has 0 aliphatic heterocycles. The Bertz CT molecular complexity index is 716. The van der Waals surface area contributed by atoms with Crippen molar-refractivity contribution in [2.24, 2.45) is 0 Å². The lowest BCUT2D eigenvalue weighted by Gasteiger charge is -2.14. The molecule has 2 aromatic rings. The maximum atomic E-state index is 11.6. The fourth-order valence-corrected chi connectivity index (χ4v) is 2.33. The molecule has 2 atom stereocenters. The van der Waals surface area contributed by atoms with Gasteiger partial charge in [-0.2, -0.15) is 0 Å². The molecule has 0 N–H and O–H groups in total. The molecule has 0 saturated heterocycles. The molecular weight excluding hydrogens is 376 g/mol. The lowest BCUT2D eigenvalue weighted by molar-refractivity contribution is -0.151. The van der Waals surface area contributed by atoms with Gasteiger partial charge in [0.2, 0.25) is 0 Å². The molecule has 0 saturated carbocycles. The Morgan fingerprint density at radius 3 is 1.28 bits per heavy atom. The van der Waals surface area contributed by atoms with Crippen LogP contribution in [0.4, 0.5) is 0 Å². The average molecular weight is 402 g/mol. The fourth-order valence-electron chi connectivity index (χ4n) is 2.33. The first-order chi connectivity index (χ1) is 13.9. The van der Waals surface area contributed by atoms with Gasteiger partial charge in [-0.3, -0.25) is 0 Å². The van der Waals surface area contributed by atoms with Crippen LogP contribution in [-0.2, 0) is 19.1 Å². The van der Waals surface area contributed by atoms with E-state index in [1.807, 2.05) is 0 Å². The van der Waals surface area contributed by atoms with Gasteiger partial charge in [-0.05, 0) is 76.2 Å². The highest BCUT2D eigenvalue weighted by Gasteiger charge is 2.16. The van der Waals surface area contributed by atoms with Crippen molar-refractivity contribution in [3.63, 3.8) is 0 Å². The fraction of sp³-hybridized carbons (Fsp3) is 0.364. The Morgan fingerprint density at radius 2 is 0.966 bits per heavy atom. The summed E-state index contributed by atoms with van der Waals surface area (Å²) in [5, 5.41) is 0. The summed E-state index contributed by atoms with van der Waals surface area (Å²) < 4.78 is 26.7. The number of carbonyl (C=O) groups excluding carboxylic acids is 2. The minimum absolute atomic E-state index is 0.310. The summed E-state index contributed by atoms with van der Waals surface area (Å²) in [6.45, 7) is 7.38. The van der Waals surface area contributed by atoms with E-state index in [4.69, 9.17) is 23.7 Å². The first kappa shape index (κ1) is 22.1. The van der Waals surface area contributed by atoms with Gasteiger partial charge in [-0.1, -0.05) is 0 Å². The van der Waals surface area contributed by atoms with E-state index >= 15 is 0 Å². The molecule has 0 amide bonds. The Hall–Kier alpha value is -3.22. The largest absolute Gasteiger partial charge is 0.479 e. The maximum Gasteiger partial charge on any atom is 0.347 e. The third kappa shape index (κ3) is 7.03. The van der Waals surface area contributed by atoms with E-state index in [1.165, 1.54) is 0 Å². The molecule has 2 rings (SSSR count). The standard InChI is InChI=1S/C22H26O7/c1-5-25-21(23)15(3)27-17-7-11-19(12-8-17)29-20-13-9-18(10-14-20)28-16(4)22(24)26-6-2/h7-16H,5-6H2,1-4H3. The van der Waals surface area contributed by atoms with E-state index in [2.05, 4.69) is 0 Å². The summed E-state index contributed by atoms with van der Waals surface area (Å²) >= 11 is 0. The molecule has 156 valence electrons. The van der Waals surface area contributed by atoms with Crippen LogP contribution < -0.4 is 14.2 Å². The number of carbonyl (C=O) groups is 2. The molecule has 0 heterocycles. The van der Waals surface area contributed by atoms with Gasteiger partial charge in [0.25, 0.3) is 0 Å². The maximum absolute atomic E-state index is 11.6. The summed E-state index contributed by atoms with van der Waals surface area (Å²) in [7, 11) is 0. The van der Waals surface area contributed by atoms with Gasteiger partial charge >= 0.3 is 11.9 Å². The van der Waals surface area contributed by atoms with Crippen LogP contribution in [0.1, 0.15) is 27.7 Å². The summed E-state index contributed by atoms with van der Waals surface area (Å²) in [5.74, 6) is 1.47. The number of rotatable bonds is 10. The van der Waals surface area contributed by atoms with Gasteiger partial charge in [0, 0.05) is 0 Å². The molecule has 2 aromatic carbocycles. The molecule has 7 nitrogen and oxygen atoms in total. The zero-order chi connectivity index (χ0) is 21.2.